The minimum absolute atomic E-state index is 0.259. The highest BCUT2D eigenvalue weighted by Gasteiger charge is 2.14. The van der Waals surface area contributed by atoms with Gasteiger partial charge in [-0.1, -0.05) is 32.0 Å². The topological polar surface area (TPSA) is 56.2 Å². The molecule has 0 aliphatic rings. The van der Waals surface area contributed by atoms with Gasteiger partial charge in [0, 0.05) is 17.5 Å². The van der Waals surface area contributed by atoms with Gasteiger partial charge < -0.3 is 4.42 Å². The molecule has 0 aliphatic heterocycles. The number of hydrogen-bond donors (Lipinski definition) is 0. The van der Waals surface area contributed by atoms with E-state index >= 15 is 0 Å². The molecule has 0 unspecified atom stereocenters. The summed E-state index contributed by atoms with van der Waals surface area (Å²) in [4.78, 5) is 8.72. The molecule has 21 heavy (non-hydrogen) atoms. The normalized spacial score (nSPS) is 11.8. The molecular weight excluding hydrogens is 264 g/mol. The number of benzene rings is 1. The van der Waals surface area contributed by atoms with Gasteiger partial charge >= 0.3 is 0 Å². The second-order valence-corrected chi connectivity index (χ2v) is 5.32. The third-order valence-corrected chi connectivity index (χ3v) is 3.45. The van der Waals surface area contributed by atoms with E-state index in [0.717, 1.165) is 28.2 Å². The van der Waals surface area contributed by atoms with Crippen molar-refractivity contribution in [1.29, 1.82) is 0 Å². The van der Waals surface area contributed by atoms with Crippen molar-refractivity contribution >= 4 is 16.7 Å². The Balaban J connectivity index is 1.96. The fourth-order valence-electron chi connectivity index (χ4n) is 2.35. The lowest BCUT2D eigenvalue weighted by molar-refractivity contribution is 0.624. The van der Waals surface area contributed by atoms with Crippen LogP contribution in [0.25, 0.3) is 28.2 Å². The van der Waals surface area contributed by atoms with Gasteiger partial charge in [-0.2, -0.15) is 9.50 Å². The highest BCUT2D eigenvalue weighted by molar-refractivity contribution is 5.82. The summed E-state index contributed by atoms with van der Waals surface area (Å²) in [6, 6.07) is 11.9. The summed E-state index contributed by atoms with van der Waals surface area (Å²) in [5, 5.41) is 5.61. The molecule has 4 rings (SSSR count). The Kier molecular flexibility index (Phi) is 2.54. The summed E-state index contributed by atoms with van der Waals surface area (Å²) < 4.78 is 7.66. The van der Waals surface area contributed by atoms with Crippen molar-refractivity contribution < 1.29 is 4.42 Å². The third-order valence-electron chi connectivity index (χ3n) is 3.45. The Morgan fingerprint density at radius 3 is 2.81 bits per heavy atom. The summed E-state index contributed by atoms with van der Waals surface area (Å²) in [6.07, 6.45) is 1.73. The van der Waals surface area contributed by atoms with Gasteiger partial charge in [-0.25, -0.2) is 4.98 Å². The number of furan rings is 1. The maximum absolute atomic E-state index is 5.92. The van der Waals surface area contributed by atoms with Crippen LogP contribution in [0.15, 0.2) is 47.0 Å². The third kappa shape index (κ3) is 1.89. The minimum atomic E-state index is 0.259. The van der Waals surface area contributed by atoms with E-state index < -0.39 is 0 Å². The lowest BCUT2D eigenvalue weighted by Gasteiger charge is -1.99. The molecule has 0 N–H and O–H groups in total. The zero-order valence-electron chi connectivity index (χ0n) is 11.8. The van der Waals surface area contributed by atoms with E-state index in [1.807, 2.05) is 36.4 Å². The second kappa shape index (κ2) is 4.41. The quantitative estimate of drug-likeness (QED) is 0.561. The summed E-state index contributed by atoms with van der Waals surface area (Å²) in [7, 11) is 0. The lowest BCUT2D eigenvalue weighted by atomic mass is 10.2. The van der Waals surface area contributed by atoms with Crippen LogP contribution < -0.4 is 0 Å². The first kappa shape index (κ1) is 12.1. The molecule has 0 spiro atoms. The zero-order chi connectivity index (χ0) is 14.4. The van der Waals surface area contributed by atoms with Gasteiger partial charge in [0.05, 0.1) is 0 Å². The van der Waals surface area contributed by atoms with Crippen molar-refractivity contribution in [2.75, 3.05) is 0 Å². The molecule has 104 valence electrons. The minimum Gasteiger partial charge on any atom is -0.454 e. The number of rotatable bonds is 2. The molecule has 0 saturated heterocycles. The van der Waals surface area contributed by atoms with Crippen LogP contribution in [0.1, 0.15) is 25.6 Å². The Bertz CT molecular complexity index is 903. The Morgan fingerprint density at radius 2 is 2.00 bits per heavy atom. The van der Waals surface area contributed by atoms with Crippen molar-refractivity contribution in [1.82, 2.24) is 19.6 Å². The van der Waals surface area contributed by atoms with E-state index in [-0.39, 0.29) is 5.92 Å². The van der Waals surface area contributed by atoms with Crippen LogP contribution in [-0.2, 0) is 0 Å². The maximum Gasteiger partial charge on any atom is 0.253 e. The molecule has 0 fully saturated rings. The molecule has 0 radical (unpaired) electrons. The number of aromatic nitrogens is 4. The molecule has 4 aromatic rings. The Hall–Kier alpha value is -2.69. The van der Waals surface area contributed by atoms with E-state index in [1.54, 1.807) is 10.7 Å². The van der Waals surface area contributed by atoms with E-state index in [0.29, 0.717) is 5.78 Å². The van der Waals surface area contributed by atoms with Gasteiger partial charge in [-0.05, 0) is 18.2 Å². The van der Waals surface area contributed by atoms with Crippen LogP contribution in [0.5, 0.6) is 0 Å². The second-order valence-electron chi connectivity index (χ2n) is 5.32. The molecule has 5 nitrogen and oxygen atoms in total. The van der Waals surface area contributed by atoms with Gasteiger partial charge in [0.25, 0.3) is 5.78 Å². The summed E-state index contributed by atoms with van der Waals surface area (Å²) >= 11 is 0. The monoisotopic (exact) mass is 278 g/mol. The van der Waals surface area contributed by atoms with Crippen LogP contribution in [0.4, 0.5) is 0 Å². The standard InChI is InChI=1S/C16H14N4O/c1-10(2)15-18-16-17-8-7-12(20(16)19-15)14-9-11-5-3-4-6-13(11)21-14/h3-10H,1-2H3. The molecule has 0 atom stereocenters. The lowest BCUT2D eigenvalue weighted by Crippen LogP contribution is -1.96. The predicted octanol–water partition coefficient (Wildman–Crippen LogP) is 3.66. The Morgan fingerprint density at radius 1 is 1.14 bits per heavy atom. The molecule has 5 heteroatoms. The van der Waals surface area contributed by atoms with Crippen molar-refractivity contribution in [2.45, 2.75) is 19.8 Å². The van der Waals surface area contributed by atoms with Crippen LogP contribution in [-0.4, -0.2) is 19.6 Å². The van der Waals surface area contributed by atoms with Gasteiger partial charge in [-0.3, -0.25) is 0 Å². The number of para-hydroxylation sites is 1. The molecular formula is C16H14N4O. The summed E-state index contributed by atoms with van der Waals surface area (Å²) in [5.41, 5.74) is 1.72. The van der Waals surface area contributed by atoms with Crippen LogP contribution in [0.2, 0.25) is 0 Å². The fraction of sp³-hybridized carbons (Fsp3) is 0.188. The number of fused-ring (bicyclic) bond motifs is 2. The van der Waals surface area contributed by atoms with Gasteiger partial charge in [-0.15, -0.1) is 5.10 Å². The fourth-order valence-corrected chi connectivity index (χ4v) is 2.35. The van der Waals surface area contributed by atoms with Crippen LogP contribution in [0, 0.1) is 0 Å². The number of nitrogens with zero attached hydrogens (tertiary/aromatic N) is 4. The average molecular weight is 278 g/mol. The smallest absolute Gasteiger partial charge is 0.253 e. The maximum atomic E-state index is 5.92. The molecule has 3 aromatic heterocycles. The van der Waals surface area contributed by atoms with E-state index in [9.17, 15) is 0 Å². The van der Waals surface area contributed by atoms with Crippen molar-refractivity contribution in [3.05, 3.63) is 48.4 Å². The molecule has 0 amide bonds. The molecule has 3 heterocycles. The van der Waals surface area contributed by atoms with Crippen molar-refractivity contribution in [2.24, 2.45) is 0 Å². The highest BCUT2D eigenvalue weighted by atomic mass is 16.3. The van der Waals surface area contributed by atoms with Crippen molar-refractivity contribution in [3.8, 4) is 11.5 Å². The SMILES string of the molecule is CC(C)c1nc2nccc(-c3cc4ccccc4o3)n2n1. The highest BCUT2D eigenvalue weighted by Crippen LogP contribution is 2.27. The van der Waals surface area contributed by atoms with E-state index in [2.05, 4.69) is 28.9 Å². The first-order valence-corrected chi connectivity index (χ1v) is 6.93. The predicted molar refractivity (Wildman–Crippen MR) is 80.1 cm³/mol. The van der Waals surface area contributed by atoms with Gasteiger partial charge in [0.15, 0.2) is 11.6 Å². The van der Waals surface area contributed by atoms with Crippen LogP contribution >= 0.6 is 0 Å². The first-order valence-electron chi connectivity index (χ1n) is 6.93. The largest absolute Gasteiger partial charge is 0.454 e. The average Bonchev–Trinajstić information content (AvgIpc) is 3.10. The molecule has 0 bridgehead atoms. The van der Waals surface area contributed by atoms with Crippen LogP contribution in [0.3, 0.4) is 0 Å². The zero-order valence-corrected chi connectivity index (χ0v) is 11.8. The molecule has 1 aromatic carbocycles. The first-order chi connectivity index (χ1) is 10.2. The molecule has 0 saturated carbocycles. The van der Waals surface area contributed by atoms with E-state index in [1.165, 1.54) is 0 Å². The number of hydrogen-bond acceptors (Lipinski definition) is 4. The van der Waals surface area contributed by atoms with E-state index in [4.69, 9.17) is 4.42 Å². The van der Waals surface area contributed by atoms with Gasteiger partial charge in [0.1, 0.15) is 11.3 Å². The Labute approximate surface area is 121 Å². The summed E-state index contributed by atoms with van der Waals surface area (Å²) in [5.74, 6) is 2.40. The van der Waals surface area contributed by atoms with Crippen molar-refractivity contribution in [3.63, 3.8) is 0 Å². The molecule has 0 aliphatic carbocycles. The summed E-state index contributed by atoms with van der Waals surface area (Å²) in [6.45, 7) is 4.13. The van der Waals surface area contributed by atoms with Gasteiger partial charge in [0.2, 0.25) is 0 Å².